The van der Waals surface area contributed by atoms with Crippen LogP contribution in [-0.4, -0.2) is 69.1 Å². The first-order valence-corrected chi connectivity index (χ1v) is 13.2. The summed E-state index contributed by atoms with van der Waals surface area (Å²) in [6, 6.07) is 19.2. The zero-order valence-electron chi connectivity index (χ0n) is 22.6. The predicted molar refractivity (Wildman–Crippen MR) is 147 cm³/mol. The van der Waals surface area contributed by atoms with E-state index in [1.165, 1.54) is 36.4 Å². The lowest BCUT2D eigenvalue weighted by Gasteiger charge is -2.27. The molecule has 1 heterocycles. The van der Waals surface area contributed by atoms with E-state index in [1.54, 1.807) is 12.1 Å². The minimum absolute atomic E-state index is 0.0916. The maximum Gasteiger partial charge on any atom is 0.335 e. The third-order valence-electron chi connectivity index (χ3n) is 6.63. The Balaban J connectivity index is 0.000000416. The maximum absolute atomic E-state index is 13.4. The highest BCUT2D eigenvalue weighted by Gasteiger charge is 2.29. The second kappa shape index (κ2) is 15.7. The van der Waals surface area contributed by atoms with E-state index < -0.39 is 24.1 Å². The Morgan fingerprint density at radius 3 is 1.62 bits per heavy atom. The minimum atomic E-state index is -2.27. The lowest BCUT2D eigenvalue weighted by molar-refractivity contribution is -0.165. The van der Waals surface area contributed by atoms with Crippen LogP contribution < -0.4 is 4.74 Å². The van der Waals surface area contributed by atoms with Gasteiger partial charge in [-0.2, -0.15) is 0 Å². The molecule has 42 heavy (non-hydrogen) atoms. The van der Waals surface area contributed by atoms with Gasteiger partial charge in [-0.1, -0.05) is 24.3 Å². The lowest BCUT2D eigenvalue weighted by atomic mass is 9.87. The van der Waals surface area contributed by atoms with Crippen molar-refractivity contribution in [1.29, 1.82) is 0 Å². The van der Waals surface area contributed by atoms with E-state index in [0.29, 0.717) is 5.75 Å². The van der Waals surface area contributed by atoms with E-state index >= 15 is 0 Å². The van der Waals surface area contributed by atoms with Crippen molar-refractivity contribution in [3.05, 3.63) is 113 Å². The van der Waals surface area contributed by atoms with Gasteiger partial charge in [-0.05, 0) is 85.1 Å². The molecule has 224 valence electrons. The van der Waals surface area contributed by atoms with Gasteiger partial charge in [-0.3, -0.25) is 4.90 Å². The molecule has 0 amide bonds. The van der Waals surface area contributed by atoms with Crippen molar-refractivity contribution in [1.82, 2.24) is 4.90 Å². The molecule has 4 rings (SSSR count). The molecule has 1 aliphatic rings. The first-order chi connectivity index (χ1) is 20.0. The number of nitrogens with zero attached hydrogens (tertiary/aromatic N) is 1. The molecule has 2 atom stereocenters. The van der Waals surface area contributed by atoms with E-state index in [1.807, 2.05) is 24.3 Å². The normalized spacial score (nSPS) is 14.8. The van der Waals surface area contributed by atoms with Crippen LogP contribution in [0, 0.1) is 17.5 Å². The molecule has 3 aromatic rings. The lowest BCUT2D eigenvalue weighted by Crippen LogP contribution is -2.39. The summed E-state index contributed by atoms with van der Waals surface area (Å²) in [5.74, 6) is -2.69. The SMILES string of the molecule is Fc1ccc(OC2=CCN(CCCC(c3ccc(F)cc3)c3ccc(F)cc3)CC2)cc1.O=C(O)[C@@H](O)[C@H](O)C(=O)O. The first kappa shape index (κ1) is 32.3. The number of aliphatic carboxylic acids is 2. The van der Waals surface area contributed by atoms with Crippen LogP contribution in [0.25, 0.3) is 0 Å². The van der Waals surface area contributed by atoms with Crippen LogP contribution in [0.1, 0.15) is 36.3 Å². The molecule has 0 unspecified atom stereocenters. The summed E-state index contributed by atoms with van der Waals surface area (Å²) in [4.78, 5) is 21.9. The molecule has 1 aliphatic heterocycles. The number of aliphatic hydroxyl groups excluding tert-OH is 2. The Bertz CT molecular complexity index is 1270. The summed E-state index contributed by atoms with van der Waals surface area (Å²) >= 11 is 0. The summed E-state index contributed by atoms with van der Waals surface area (Å²) in [6.07, 6.45) is 0.189. The quantitative estimate of drug-likeness (QED) is 0.257. The third-order valence-corrected chi connectivity index (χ3v) is 6.63. The highest BCUT2D eigenvalue weighted by atomic mass is 19.1. The largest absolute Gasteiger partial charge is 0.479 e. The maximum atomic E-state index is 13.4. The first-order valence-electron chi connectivity index (χ1n) is 13.2. The molecule has 4 N–H and O–H groups in total. The molecule has 0 saturated carbocycles. The fourth-order valence-electron chi connectivity index (χ4n) is 4.35. The van der Waals surface area contributed by atoms with Gasteiger partial charge in [0.05, 0.1) is 0 Å². The average molecular weight is 588 g/mol. The number of hydrogen-bond donors (Lipinski definition) is 4. The van der Waals surface area contributed by atoms with Crippen molar-refractivity contribution in [3.8, 4) is 5.75 Å². The van der Waals surface area contributed by atoms with Crippen LogP contribution in [-0.2, 0) is 9.59 Å². The van der Waals surface area contributed by atoms with Crippen LogP contribution in [0.3, 0.4) is 0 Å². The molecule has 0 aliphatic carbocycles. The van der Waals surface area contributed by atoms with Gasteiger partial charge < -0.3 is 25.2 Å². The van der Waals surface area contributed by atoms with Gasteiger partial charge in [0, 0.05) is 25.4 Å². The summed E-state index contributed by atoms with van der Waals surface area (Å²) in [5, 5.41) is 32.5. The van der Waals surface area contributed by atoms with Crippen LogP contribution in [0.4, 0.5) is 13.2 Å². The molecule has 0 radical (unpaired) electrons. The molecule has 0 bridgehead atoms. The van der Waals surface area contributed by atoms with E-state index in [0.717, 1.165) is 55.8 Å². The number of rotatable bonds is 11. The fraction of sp³-hybridized carbons (Fsp3) is 0.290. The van der Waals surface area contributed by atoms with Gasteiger partial charge in [0.15, 0.2) is 12.2 Å². The topological polar surface area (TPSA) is 128 Å². The van der Waals surface area contributed by atoms with Crippen LogP contribution >= 0.6 is 0 Å². The number of carboxylic acid groups (broad SMARTS) is 2. The number of aliphatic hydroxyl groups is 2. The van der Waals surface area contributed by atoms with Crippen molar-refractivity contribution in [3.63, 3.8) is 0 Å². The highest BCUT2D eigenvalue weighted by molar-refractivity contribution is 5.83. The molecule has 11 heteroatoms. The van der Waals surface area contributed by atoms with E-state index in [9.17, 15) is 22.8 Å². The zero-order valence-corrected chi connectivity index (χ0v) is 22.6. The number of carbonyl (C=O) groups is 2. The summed E-state index contributed by atoms with van der Waals surface area (Å²) in [7, 11) is 0. The number of ether oxygens (including phenoxy) is 1. The molecule has 0 aromatic heterocycles. The number of halogens is 3. The Morgan fingerprint density at radius 1 is 0.762 bits per heavy atom. The Kier molecular flexibility index (Phi) is 12.1. The summed E-state index contributed by atoms with van der Waals surface area (Å²) < 4.78 is 45.7. The van der Waals surface area contributed by atoms with Crippen LogP contribution in [0.2, 0.25) is 0 Å². The van der Waals surface area contributed by atoms with Crippen molar-refractivity contribution < 1.29 is 47.9 Å². The predicted octanol–water partition coefficient (Wildman–Crippen LogP) is 4.56. The molecule has 3 aromatic carbocycles. The van der Waals surface area contributed by atoms with Crippen molar-refractivity contribution in [2.24, 2.45) is 0 Å². The average Bonchev–Trinajstić information content (AvgIpc) is 2.98. The van der Waals surface area contributed by atoms with E-state index in [2.05, 4.69) is 11.0 Å². The van der Waals surface area contributed by atoms with Crippen molar-refractivity contribution >= 4 is 11.9 Å². The van der Waals surface area contributed by atoms with E-state index in [-0.39, 0.29) is 23.4 Å². The monoisotopic (exact) mass is 587 g/mol. The summed E-state index contributed by atoms with van der Waals surface area (Å²) in [5.41, 5.74) is 2.07. The summed E-state index contributed by atoms with van der Waals surface area (Å²) in [6.45, 7) is 2.62. The van der Waals surface area contributed by atoms with Gasteiger partial charge in [0.1, 0.15) is 29.0 Å². The molecular weight excluding hydrogens is 555 g/mol. The molecule has 0 spiro atoms. The number of benzene rings is 3. The van der Waals surface area contributed by atoms with Crippen LogP contribution in [0.15, 0.2) is 84.6 Å². The van der Waals surface area contributed by atoms with Crippen molar-refractivity contribution in [2.75, 3.05) is 19.6 Å². The Morgan fingerprint density at radius 2 is 1.21 bits per heavy atom. The fourth-order valence-corrected chi connectivity index (χ4v) is 4.35. The minimum Gasteiger partial charge on any atom is -0.479 e. The molecular formula is C31H32F3NO7. The van der Waals surface area contributed by atoms with Crippen molar-refractivity contribution in [2.45, 2.75) is 37.4 Å². The van der Waals surface area contributed by atoms with Gasteiger partial charge in [-0.15, -0.1) is 0 Å². The molecule has 8 nitrogen and oxygen atoms in total. The number of hydrogen-bond acceptors (Lipinski definition) is 6. The third kappa shape index (κ3) is 10.0. The Hall–Kier alpha value is -4.19. The smallest absolute Gasteiger partial charge is 0.335 e. The molecule has 0 fully saturated rings. The van der Waals surface area contributed by atoms with Gasteiger partial charge >= 0.3 is 11.9 Å². The van der Waals surface area contributed by atoms with Crippen LogP contribution in [0.5, 0.6) is 5.75 Å². The Labute approximate surface area is 240 Å². The van der Waals surface area contributed by atoms with Gasteiger partial charge in [0.25, 0.3) is 0 Å². The standard InChI is InChI=1S/C27H26F3NO.C4H6O6/c28-22-7-3-20(4-8-22)27(21-5-9-23(29)10-6-21)2-1-17-31-18-15-26(16-19-31)32-25-13-11-24(30)12-14-25;5-1(3(7)8)2(6)4(9)10/h3-15,27H,1-2,16-19H2;1-2,5-6H,(H,7,8)(H,9,10)/t;1-,2-/m.0/s1. The second-order valence-electron chi connectivity index (χ2n) is 9.64. The van der Waals surface area contributed by atoms with Gasteiger partial charge in [0.2, 0.25) is 0 Å². The zero-order chi connectivity index (χ0) is 30.6. The molecule has 0 saturated heterocycles. The highest BCUT2D eigenvalue weighted by Crippen LogP contribution is 2.30. The second-order valence-corrected chi connectivity index (χ2v) is 9.64. The number of carboxylic acids is 2. The van der Waals surface area contributed by atoms with Gasteiger partial charge in [-0.25, -0.2) is 22.8 Å². The van der Waals surface area contributed by atoms with E-state index in [4.69, 9.17) is 25.2 Å².